The minimum atomic E-state index is -0.900. The highest BCUT2D eigenvalue weighted by atomic mass is 16.4. The van der Waals surface area contributed by atoms with E-state index < -0.39 is 17.8 Å². The molecule has 0 aromatic heterocycles. The van der Waals surface area contributed by atoms with Gasteiger partial charge in [-0.3, -0.25) is 9.59 Å². The maximum absolute atomic E-state index is 12.7. The van der Waals surface area contributed by atoms with Crippen LogP contribution in [0.3, 0.4) is 0 Å². The van der Waals surface area contributed by atoms with Crippen LogP contribution < -0.4 is 0 Å². The molecule has 0 saturated heterocycles. The van der Waals surface area contributed by atoms with Gasteiger partial charge in [-0.15, -0.1) is 0 Å². The number of nitrogens with zero attached hydrogens (tertiary/aromatic N) is 1. The van der Waals surface area contributed by atoms with Gasteiger partial charge in [0, 0.05) is 12.6 Å². The summed E-state index contributed by atoms with van der Waals surface area (Å²) in [4.78, 5) is 25.8. The lowest BCUT2D eigenvalue weighted by molar-refractivity contribution is -0.151. The fourth-order valence-corrected chi connectivity index (χ4v) is 3.37. The summed E-state index contributed by atoms with van der Waals surface area (Å²) in [7, 11) is 0. The predicted molar refractivity (Wildman–Crippen MR) is 74.0 cm³/mol. The number of allylic oxidation sites excluding steroid dienone is 2. The number of hydrogen-bond acceptors (Lipinski definition) is 3. The molecule has 112 valence electrons. The van der Waals surface area contributed by atoms with Crippen molar-refractivity contribution in [2.24, 2.45) is 11.8 Å². The number of amides is 1. The van der Waals surface area contributed by atoms with Gasteiger partial charge in [0.1, 0.15) is 0 Å². The van der Waals surface area contributed by atoms with Crippen LogP contribution in [-0.4, -0.2) is 46.2 Å². The van der Waals surface area contributed by atoms with Gasteiger partial charge in [-0.25, -0.2) is 0 Å². The van der Waals surface area contributed by atoms with E-state index in [1.807, 2.05) is 12.2 Å². The molecule has 0 radical (unpaired) electrons. The highest BCUT2D eigenvalue weighted by molar-refractivity contribution is 5.85. The van der Waals surface area contributed by atoms with Gasteiger partial charge in [0.2, 0.25) is 5.91 Å². The lowest BCUT2D eigenvalue weighted by Gasteiger charge is -2.34. The number of carboxylic acid groups (broad SMARTS) is 1. The summed E-state index contributed by atoms with van der Waals surface area (Å²) in [5.74, 6) is -2.11. The standard InChI is InChI=1S/C15H23NO4/c17-10-9-16(11-5-1-2-6-11)14(18)12-7-3-4-8-13(12)15(19)20/h3-4,11-13,17H,1-2,5-10H2,(H,19,20)/t12-,13+/m1/s1. The third-order valence-electron chi connectivity index (χ3n) is 4.46. The molecule has 0 bridgehead atoms. The molecule has 2 aliphatic rings. The van der Waals surface area contributed by atoms with Crippen LogP contribution in [0.1, 0.15) is 38.5 Å². The first-order valence-corrected chi connectivity index (χ1v) is 7.44. The summed E-state index contributed by atoms with van der Waals surface area (Å²) in [5, 5.41) is 18.5. The van der Waals surface area contributed by atoms with Crippen molar-refractivity contribution >= 4 is 11.9 Å². The topological polar surface area (TPSA) is 77.8 Å². The summed E-state index contributed by atoms with van der Waals surface area (Å²) in [5.41, 5.74) is 0. The van der Waals surface area contributed by atoms with Gasteiger partial charge < -0.3 is 15.1 Å². The summed E-state index contributed by atoms with van der Waals surface area (Å²) >= 11 is 0. The Labute approximate surface area is 119 Å². The Morgan fingerprint density at radius 1 is 1.10 bits per heavy atom. The number of carbonyl (C=O) groups is 2. The molecule has 1 saturated carbocycles. The van der Waals surface area contributed by atoms with Crippen molar-refractivity contribution in [1.82, 2.24) is 4.90 Å². The van der Waals surface area contributed by atoms with E-state index in [9.17, 15) is 19.8 Å². The molecule has 2 atom stereocenters. The number of carbonyl (C=O) groups excluding carboxylic acids is 1. The van der Waals surface area contributed by atoms with Crippen LogP contribution in [0.25, 0.3) is 0 Å². The molecule has 0 heterocycles. The van der Waals surface area contributed by atoms with E-state index in [1.54, 1.807) is 4.90 Å². The quantitative estimate of drug-likeness (QED) is 0.747. The van der Waals surface area contributed by atoms with E-state index in [4.69, 9.17) is 0 Å². The molecule has 0 spiro atoms. The molecule has 0 aliphatic heterocycles. The first kappa shape index (κ1) is 15.0. The Morgan fingerprint density at radius 2 is 1.70 bits per heavy atom. The summed E-state index contributed by atoms with van der Waals surface area (Å²) < 4.78 is 0. The summed E-state index contributed by atoms with van der Waals surface area (Å²) in [6.07, 6.45) is 8.79. The minimum Gasteiger partial charge on any atom is -0.481 e. The zero-order valence-corrected chi connectivity index (χ0v) is 11.7. The van der Waals surface area contributed by atoms with Crippen LogP contribution >= 0.6 is 0 Å². The molecule has 0 aromatic carbocycles. The van der Waals surface area contributed by atoms with Crippen LogP contribution in [0.5, 0.6) is 0 Å². The number of rotatable bonds is 5. The third kappa shape index (κ3) is 3.20. The number of hydrogen-bond donors (Lipinski definition) is 2. The molecule has 0 aromatic rings. The number of carboxylic acids is 1. The Kier molecular flexibility index (Phi) is 5.17. The summed E-state index contributed by atoms with van der Waals surface area (Å²) in [6.45, 7) is 0.249. The molecule has 5 heteroatoms. The second kappa shape index (κ2) is 6.88. The Morgan fingerprint density at radius 3 is 2.25 bits per heavy atom. The molecule has 1 fully saturated rings. The molecule has 5 nitrogen and oxygen atoms in total. The van der Waals surface area contributed by atoms with E-state index >= 15 is 0 Å². The van der Waals surface area contributed by atoms with Crippen molar-refractivity contribution in [2.45, 2.75) is 44.6 Å². The first-order valence-electron chi connectivity index (χ1n) is 7.44. The monoisotopic (exact) mass is 281 g/mol. The number of aliphatic carboxylic acids is 1. The smallest absolute Gasteiger partial charge is 0.307 e. The van der Waals surface area contributed by atoms with Crippen molar-refractivity contribution in [3.05, 3.63) is 12.2 Å². The number of aliphatic hydroxyl groups excluding tert-OH is 1. The van der Waals surface area contributed by atoms with E-state index in [0.717, 1.165) is 25.7 Å². The predicted octanol–water partition coefficient (Wildman–Crippen LogP) is 1.42. The van der Waals surface area contributed by atoms with Crippen LogP contribution in [0.4, 0.5) is 0 Å². The number of aliphatic hydroxyl groups is 1. The van der Waals surface area contributed by atoms with Gasteiger partial charge in [0.05, 0.1) is 18.4 Å². The first-order chi connectivity index (χ1) is 9.65. The third-order valence-corrected chi connectivity index (χ3v) is 4.46. The van der Waals surface area contributed by atoms with Gasteiger partial charge in [0.15, 0.2) is 0 Å². The maximum Gasteiger partial charge on any atom is 0.307 e. The lowest BCUT2D eigenvalue weighted by atomic mass is 9.82. The van der Waals surface area contributed by atoms with Crippen LogP contribution in [0.2, 0.25) is 0 Å². The van der Waals surface area contributed by atoms with E-state index in [0.29, 0.717) is 19.4 Å². The van der Waals surface area contributed by atoms with Gasteiger partial charge >= 0.3 is 5.97 Å². The van der Waals surface area contributed by atoms with E-state index in [-0.39, 0.29) is 18.6 Å². The molecule has 1 amide bonds. The van der Waals surface area contributed by atoms with Crippen LogP contribution in [0.15, 0.2) is 12.2 Å². The highest BCUT2D eigenvalue weighted by Gasteiger charge is 2.38. The van der Waals surface area contributed by atoms with Crippen molar-refractivity contribution in [3.8, 4) is 0 Å². The van der Waals surface area contributed by atoms with Crippen LogP contribution in [-0.2, 0) is 9.59 Å². The molecule has 20 heavy (non-hydrogen) atoms. The molecule has 2 rings (SSSR count). The van der Waals surface area contributed by atoms with Crippen molar-refractivity contribution in [1.29, 1.82) is 0 Å². The molecule has 2 aliphatic carbocycles. The Balaban J connectivity index is 2.12. The second-order valence-electron chi connectivity index (χ2n) is 5.69. The Hall–Kier alpha value is -1.36. The van der Waals surface area contributed by atoms with Crippen molar-refractivity contribution in [2.75, 3.05) is 13.2 Å². The lowest BCUT2D eigenvalue weighted by Crippen LogP contribution is -2.47. The molecule has 2 N–H and O–H groups in total. The molecular weight excluding hydrogens is 258 g/mol. The Bertz CT molecular complexity index is 387. The van der Waals surface area contributed by atoms with Gasteiger partial charge in [-0.05, 0) is 25.7 Å². The van der Waals surface area contributed by atoms with E-state index in [1.165, 1.54) is 0 Å². The zero-order valence-electron chi connectivity index (χ0n) is 11.7. The molecular formula is C15H23NO4. The van der Waals surface area contributed by atoms with Crippen molar-refractivity contribution in [3.63, 3.8) is 0 Å². The summed E-state index contributed by atoms with van der Waals surface area (Å²) in [6, 6.07) is 0.176. The van der Waals surface area contributed by atoms with Gasteiger partial charge in [-0.1, -0.05) is 25.0 Å². The highest BCUT2D eigenvalue weighted by Crippen LogP contribution is 2.31. The maximum atomic E-state index is 12.7. The fraction of sp³-hybridized carbons (Fsp3) is 0.733. The van der Waals surface area contributed by atoms with Gasteiger partial charge in [-0.2, -0.15) is 0 Å². The minimum absolute atomic E-state index is 0.0669. The van der Waals surface area contributed by atoms with E-state index in [2.05, 4.69) is 0 Å². The normalized spacial score (nSPS) is 26.6. The largest absolute Gasteiger partial charge is 0.481 e. The second-order valence-corrected chi connectivity index (χ2v) is 5.69. The average Bonchev–Trinajstić information content (AvgIpc) is 2.98. The zero-order chi connectivity index (χ0) is 14.5. The molecule has 0 unspecified atom stereocenters. The fourth-order valence-electron chi connectivity index (χ4n) is 3.37. The van der Waals surface area contributed by atoms with Gasteiger partial charge in [0.25, 0.3) is 0 Å². The SMILES string of the molecule is O=C(O)[C@H]1CC=CC[C@H]1C(=O)N(CCO)C1CCCC1. The van der Waals surface area contributed by atoms with Crippen molar-refractivity contribution < 1.29 is 19.8 Å². The van der Waals surface area contributed by atoms with Crippen LogP contribution in [0, 0.1) is 11.8 Å². The average molecular weight is 281 g/mol.